The van der Waals surface area contributed by atoms with Crippen LogP contribution in [0, 0.1) is 5.92 Å². The smallest absolute Gasteiger partial charge is 0.320 e. The van der Waals surface area contributed by atoms with Gasteiger partial charge < -0.3 is 9.47 Å². The molecule has 0 unspecified atom stereocenters. The number of rotatable bonds is 6. The maximum absolute atomic E-state index is 12.1. The first-order valence-electron chi connectivity index (χ1n) is 6.95. The lowest BCUT2D eigenvalue weighted by Gasteiger charge is -2.18. The maximum atomic E-state index is 12.1. The second-order valence-corrected chi connectivity index (χ2v) is 5.73. The minimum Gasteiger partial charge on any atom is -0.462 e. The van der Waals surface area contributed by atoms with Gasteiger partial charge in [-0.25, -0.2) is 0 Å². The van der Waals surface area contributed by atoms with Crippen LogP contribution in [0.3, 0.4) is 0 Å². The van der Waals surface area contributed by atoms with Crippen molar-refractivity contribution in [1.82, 2.24) is 0 Å². The molecule has 116 valence electrons. The van der Waals surface area contributed by atoms with E-state index in [-0.39, 0.29) is 18.6 Å². The summed E-state index contributed by atoms with van der Waals surface area (Å²) in [6, 6.07) is 7.09. The van der Waals surface area contributed by atoms with Gasteiger partial charge in [-0.15, -0.1) is 0 Å². The molecule has 4 nitrogen and oxygen atoms in total. The molecule has 1 rings (SSSR count). The van der Waals surface area contributed by atoms with Crippen molar-refractivity contribution >= 4 is 23.5 Å². The molecule has 0 atom stereocenters. The molecule has 0 bridgehead atoms. The Morgan fingerprint density at radius 1 is 1.00 bits per heavy atom. The van der Waals surface area contributed by atoms with Crippen LogP contribution >= 0.6 is 11.6 Å². The summed E-state index contributed by atoms with van der Waals surface area (Å²) in [5.74, 6) is -2.18. The molecule has 0 aliphatic rings. The molecular formula is C16H21ClO4. The fourth-order valence-corrected chi connectivity index (χ4v) is 1.99. The number of carbonyl (C=O) groups is 2. The van der Waals surface area contributed by atoms with E-state index in [4.69, 9.17) is 21.1 Å². The monoisotopic (exact) mass is 312 g/mol. The largest absolute Gasteiger partial charge is 0.462 e. The van der Waals surface area contributed by atoms with Gasteiger partial charge in [-0.1, -0.05) is 29.8 Å². The second-order valence-electron chi connectivity index (χ2n) is 5.32. The van der Waals surface area contributed by atoms with Crippen LogP contribution in [-0.2, 0) is 25.5 Å². The number of hydrogen-bond acceptors (Lipinski definition) is 4. The molecule has 0 amide bonds. The highest BCUT2D eigenvalue weighted by atomic mass is 35.5. The zero-order valence-electron chi connectivity index (χ0n) is 12.8. The number of hydrogen-bond donors (Lipinski definition) is 0. The summed E-state index contributed by atoms with van der Waals surface area (Å²) < 4.78 is 10.3. The van der Waals surface area contributed by atoms with Crippen LogP contribution in [0.1, 0.15) is 33.3 Å². The second kappa shape index (κ2) is 8.03. The van der Waals surface area contributed by atoms with Crippen molar-refractivity contribution in [1.29, 1.82) is 0 Å². The SMILES string of the molecule is CC(C)OC(=O)C(Cc1ccccc1Cl)C(=O)OC(C)C. The molecule has 21 heavy (non-hydrogen) atoms. The van der Waals surface area contributed by atoms with Crippen molar-refractivity contribution in [2.75, 3.05) is 0 Å². The third-order valence-electron chi connectivity index (χ3n) is 2.65. The summed E-state index contributed by atoms with van der Waals surface area (Å²) in [6.07, 6.45) is -0.423. The summed E-state index contributed by atoms with van der Waals surface area (Å²) in [5, 5.41) is 0.511. The van der Waals surface area contributed by atoms with E-state index < -0.39 is 17.9 Å². The van der Waals surface area contributed by atoms with Crippen molar-refractivity contribution in [3.63, 3.8) is 0 Å². The fraction of sp³-hybridized carbons (Fsp3) is 0.500. The number of halogens is 1. The Kier molecular flexibility index (Phi) is 6.69. The van der Waals surface area contributed by atoms with Crippen molar-refractivity contribution in [2.45, 2.75) is 46.3 Å². The number of esters is 2. The molecule has 0 aliphatic heterocycles. The molecule has 0 saturated heterocycles. The zero-order chi connectivity index (χ0) is 16.0. The van der Waals surface area contributed by atoms with E-state index in [0.717, 1.165) is 0 Å². The van der Waals surface area contributed by atoms with Crippen molar-refractivity contribution < 1.29 is 19.1 Å². The quantitative estimate of drug-likeness (QED) is 0.597. The highest BCUT2D eigenvalue weighted by molar-refractivity contribution is 6.31. The number of benzene rings is 1. The van der Waals surface area contributed by atoms with E-state index in [2.05, 4.69) is 0 Å². The van der Waals surface area contributed by atoms with Crippen LogP contribution in [0.4, 0.5) is 0 Å². The predicted octanol–water partition coefficient (Wildman–Crippen LogP) is 3.40. The first-order chi connectivity index (χ1) is 9.81. The van der Waals surface area contributed by atoms with Crippen molar-refractivity contribution in [3.8, 4) is 0 Å². The average molecular weight is 313 g/mol. The highest BCUT2D eigenvalue weighted by Crippen LogP contribution is 2.21. The van der Waals surface area contributed by atoms with E-state index in [9.17, 15) is 9.59 Å². The minimum atomic E-state index is -1.00. The summed E-state index contributed by atoms with van der Waals surface area (Å²) >= 11 is 6.08. The molecule has 0 radical (unpaired) electrons. The van der Waals surface area contributed by atoms with Gasteiger partial charge >= 0.3 is 11.9 Å². The Bertz CT molecular complexity index is 475. The fourth-order valence-electron chi connectivity index (χ4n) is 1.78. The molecule has 1 aromatic rings. The van der Waals surface area contributed by atoms with Crippen LogP contribution in [0.15, 0.2) is 24.3 Å². The molecule has 0 N–H and O–H groups in total. The third-order valence-corrected chi connectivity index (χ3v) is 3.02. The first kappa shape index (κ1) is 17.5. The van der Waals surface area contributed by atoms with E-state index in [1.807, 2.05) is 0 Å². The molecule has 0 fully saturated rings. The Morgan fingerprint density at radius 2 is 1.48 bits per heavy atom. The molecule has 0 spiro atoms. The van der Waals surface area contributed by atoms with Gasteiger partial charge in [0.1, 0.15) is 0 Å². The summed E-state index contributed by atoms with van der Waals surface area (Å²) in [6.45, 7) is 6.94. The highest BCUT2D eigenvalue weighted by Gasteiger charge is 2.31. The average Bonchev–Trinajstić information content (AvgIpc) is 2.35. The van der Waals surface area contributed by atoms with E-state index in [0.29, 0.717) is 10.6 Å². The van der Waals surface area contributed by atoms with Gasteiger partial charge in [0.05, 0.1) is 12.2 Å². The Balaban J connectivity index is 2.93. The molecule has 0 heterocycles. The topological polar surface area (TPSA) is 52.6 Å². The van der Waals surface area contributed by atoms with Gasteiger partial charge in [-0.05, 0) is 45.7 Å². The molecule has 0 aromatic heterocycles. The summed E-state index contributed by atoms with van der Waals surface area (Å²) in [7, 11) is 0. The van der Waals surface area contributed by atoms with Crippen LogP contribution in [0.2, 0.25) is 5.02 Å². The van der Waals surface area contributed by atoms with Crippen LogP contribution in [-0.4, -0.2) is 24.1 Å². The van der Waals surface area contributed by atoms with Crippen LogP contribution in [0.25, 0.3) is 0 Å². The van der Waals surface area contributed by atoms with Gasteiger partial charge in [0.2, 0.25) is 0 Å². The van der Waals surface area contributed by atoms with E-state index in [1.54, 1.807) is 52.0 Å². The van der Waals surface area contributed by atoms with Crippen molar-refractivity contribution in [3.05, 3.63) is 34.9 Å². The lowest BCUT2D eigenvalue weighted by molar-refractivity contribution is -0.166. The minimum absolute atomic E-state index is 0.163. The summed E-state index contributed by atoms with van der Waals surface area (Å²) in [4.78, 5) is 24.3. The van der Waals surface area contributed by atoms with Crippen molar-refractivity contribution in [2.24, 2.45) is 5.92 Å². The Morgan fingerprint density at radius 3 is 1.90 bits per heavy atom. The molecule has 0 saturated carbocycles. The maximum Gasteiger partial charge on any atom is 0.320 e. The van der Waals surface area contributed by atoms with Crippen LogP contribution in [0.5, 0.6) is 0 Å². The predicted molar refractivity (Wildman–Crippen MR) is 81.1 cm³/mol. The standard InChI is InChI=1S/C16H21ClO4/c1-10(2)20-15(18)13(16(19)21-11(3)4)9-12-7-5-6-8-14(12)17/h5-8,10-11,13H,9H2,1-4H3. The lowest BCUT2D eigenvalue weighted by Crippen LogP contribution is -2.32. The van der Waals surface area contributed by atoms with Gasteiger partial charge in [-0.2, -0.15) is 0 Å². The Labute approximate surface area is 130 Å². The number of ether oxygens (including phenoxy) is 2. The molecule has 0 aliphatic carbocycles. The van der Waals surface area contributed by atoms with Gasteiger partial charge in [0.25, 0.3) is 0 Å². The zero-order valence-corrected chi connectivity index (χ0v) is 13.5. The molecule has 5 heteroatoms. The molecule has 1 aromatic carbocycles. The summed E-state index contributed by atoms with van der Waals surface area (Å²) in [5.41, 5.74) is 0.713. The normalized spacial score (nSPS) is 11.0. The third kappa shape index (κ3) is 5.76. The number of carbonyl (C=O) groups excluding carboxylic acids is 2. The Hall–Kier alpha value is -1.55. The van der Waals surface area contributed by atoms with Crippen LogP contribution < -0.4 is 0 Å². The van der Waals surface area contributed by atoms with Gasteiger partial charge in [0.15, 0.2) is 5.92 Å². The molecular weight excluding hydrogens is 292 g/mol. The van der Waals surface area contributed by atoms with Gasteiger partial charge in [-0.3, -0.25) is 9.59 Å². The van der Waals surface area contributed by atoms with E-state index in [1.165, 1.54) is 0 Å². The van der Waals surface area contributed by atoms with Gasteiger partial charge in [0, 0.05) is 5.02 Å². The first-order valence-corrected chi connectivity index (χ1v) is 7.33. The lowest BCUT2D eigenvalue weighted by atomic mass is 9.99. The van der Waals surface area contributed by atoms with E-state index >= 15 is 0 Å².